The lowest BCUT2D eigenvalue weighted by Crippen LogP contribution is -2.81. The smallest absolute Gasteiger partial charge is 0.435 e. The molecule has 0 aliphatic rings. The first kappa shape index (κ1) is 46.0. The molecule has 0 N–H and O–H groups in total. The highest BCUT2D eigenvalue weighted by atomic mass is 28.4. The molecule has 0 bridgehead atoms. The van der Waals surface area contributed by atoms with Crippen LogP contribution >= 0.6 is 0 Å². The van der Waals surface area contributed by atoms with Gasteiger partial charge in [-0.05, 0) is 25.1 Å². The van der Waals surface area contributed by atoms with Gasteiger partial charge in [0.2, 0.25) is 0 Å². The molecule has 0 saturated heterocycles. The molecule has 48 heavy (non-hydrogen) atoms. The topological polar surface area (TPSA) is 35.5 Å². The highest BCUT2D eigenvalue weighted by Crippen LogP contribution is 2.68. The van der Waals surface area contributed by atoms with Gasteiger partial charge in [0, 0.05) is 25.0 Å². The van der Waals surface area contributed by atoms with Gasteiger partial charge in [-0.15, -0.1) is 0 Å². The van der Waals surface area contributed by atoms with Crippen molar-refractivity contribution in [1.82, 2.24) is 0 Å². The zero-order valence-electron chi connectivity index (χ0n) is 24.9. The summed E-state index contributed by atoms with van der Waals surface area (Å²) in [7, 11) is -3.06. The summed E-state index contributed by atoms with van der Waals surface area (Å²) in [5.41, 5.74) is -17.5. The van der Waals surface area contributed by atoms with Crippen molar-refractivity contribution in [3.8, 4) is 0 Å². The molecule has 286 valence electrons. The first-order chi connectivity index (χ1) is 21.0. The van der Waals surface area contributed by atoms with Crippen LogP contribution < -0.4 is 0 Å². The summed E-state index contributed by atoms with van der Waals surface area (Å²) in [4.78, 5) is 11.2. The van der Waals surface area contributed by atoms with Crippen molar-refractivity contribution >= 4 is 14.3 Å². The predicted molar refractivity (Wildman–Crippen MR) is 128 cm³/mol. The van der Waals surface area contributed by atoms with Crippen LogP contribution in [0.15, 0.2) is 12.2 Å². The zero-order valence-corrected chi connectivity index (χ0v) is 25.9. The van der Waals surface area contributed by atoms with E-state index in [1.165, 1.54) is 20.8 Å². The van der Waals surface area contributed by atoms with Crippen molar-refractivity contribution in [3.05, 3.63) is 12.2 Å². The highest BCUT2D eigenvalue weighted by Gasteiger charge is 2.99. The molecule has 0 rings (SSSR count). The van der Waals surface area contributed by atoms with Gasteiger partial charge in [-0.2, -0.15) is 79.0 Å². The molecule has 0 aromatic heterocycles. The lowest BCUT2D eigenvalue weighted by atomic mass is 9.74. The second-order valence-corrected chi connectivity index (χ2v) is 15.3. The Labute approximate surface area is 260 Å². The van der Waals surface area contributed by atoms with Crippen molar-refractivity contribution in [3.63, 3.8) is 0 Å². The van der Waals surface area contributed by atoms with Gasteiger partial charge in [-0.25, -0.2) is 13.6 Å². The Bertz CT molecular complexity index is 1120. The number of halogens is 20. The van der Waals surface area contributed by atoms with Crippen molar-refractivity contribution in [1.29, 1.82) is 0 Å². The Balaban J connectivity index is 7.32. The van der Waals surface area contributed by atoms with Gasteiger partial charge in [0.15, 0.2) is 8.32 Å². The van der Waals surface area contributed by atoms with Gasteiger partial charge in [0.05, 0.1) is 6.61 Å². The van der Waals surface area contributed by atoms with Crippen molar-refractivity contribution in [2.45, 2.75) is 118 Å². The Hall–Kier alpha value is -2.01. The van der Waals surface area contributed by atoms with Gasteiger partial charge >= 0.3 is 59.5 Å². The molecule has 3 nitrogen and oxygen atoms in total. The van der Waals surface area contributed by atoms with Gasteiger partial charge < -0.3 is 9.16 Å². The van der Waals surface area contributed by atoms with Crippen LogP contribution in [0, 0.1) is 0 Å². The van der Waals surface area contributed by atoms with E-state index in [1.54, 1.807) is 0 Å². The number of hydrogen-bond donors (Lipinski definition) is 0. The maximum absolute atomic E-state index is 15.0. The fourth-order valence-electron chi connectivity index (χ4n) is 4.16. The van der Waals surface area contributed by atoms with E-state index in [1.807, 2.05) is 0 Å². The second-order valence-electron chi connectivity index (χ2n) is 10.5. The average molecular weight is 773 g/mol. The van der Waals surface area contributed by atoms with Crippen molar-refractivity contribution in [2.24, 2.45) is 0 Å². The normalized spacial score (nSPS) is 17.5. The maximum atomic E-state index is 15.0. The Morgan fingerprint density at radius 3 is 1.29 bits per heavy atom. The lowest BCUT2D eigenvalue weighted by molar-refractivity contribution is -0.470. The number of alkyl halides is 20. The van der Waals surface area contributed by atoms with Gasteiger partial charge in [-0.3, -0.25) is 0 Å². The van der Waals surface area contributed by atoms with Crippen LogP contribution in [0.1, 0.15) is 40.5 Å². The molecule has 0 spiro atoms. The van der Waals surface area contributed by atoms with Crippen LogP contribution in [0.2, 0.25) is 18.1 Å². The summed E-state index contributed by atoms with van der Waals surface area (Å²) in [6.07, 6.45) is -22.7. The molecule has 24 heteroatoms. The first-order valence-corrected chi connectivity index (χ1v) is 15.7. The largest absolute Gasteiger partial charge is 0.462 e. The number of esters is 1. The first-order valence-electron chi connectivity index (χ1n) is 13.2. The Morgan fingerprint density at radius 1 is 0.562 bits per heavy atom. The molecule has 0 heterocycles. The highest BCUT2D eigenvalue weighted by molar-refractivity contribution is 6.73. The second kappa shape index (κ2) is 14.0. The number of rotatable bonds is 18. The number of carbonyl (C=O) groups is 1. The van der Waals surface area contributed by atoms with E-state index in [0.717, 1.165) is 0 Å². The van der Waals surface area contributed by atoms with Gasteiger partial charge in [0.25, 0.3) is 5.67 Å². The molecule has 0 aliphatic heterocycles. The van der Waals surface area contributed by atoms with Crippen LogP contribution in [-0.4, -0.2) is 86.7 Å². The van der Waals surface area contributed by atoms with Crippen LogP contribution in [0.25, 0.3) is 0 Å². The minimum Gasteiger partial charge on any atom is -0.462 e. The van der Waals surface area contributed by atoms with E-state index in [-0.39, 0.29) is 18.1 Å². The van der Waals surface area contributed by atoms with Crippen LogP contribution in [0.4, 0.5) is 87.8 Å². The molecule has 0 aromatic carbocycles. The van der Waals surface area contributed by atoms with Crippen molar-refractivity contribution in [2.75, 3.05) is 13.2 Å². The maximum Gasteiger partial charge on any atom is 0.435 e. The SMILES string of the molecule is C=C(C)C(=O)OCCC(F)(C(F)(F)F)C(F)(F)C(F)(C(F)(F)F)C(F)(F)C(F)(F)C(F)(F)C(F)(F)C(F)(F)CCO[Si](CC)(CC)CC. The molecule has 0 fully saturated rings. The summed E-state index contributed by atoms with van der Waals surface area (Å²) >= 11 is 0. The molecular formula is C24H28F20O3Si. The predicted octanol–water partition coefficient (Wildman–Crippen LogP) is 10.3. The summed E-state index contributed by atoms with van der Waals surface area (Å²) in [5.74, 6) is -52.5. The lowest BCUT2D eigenvalue weighted by Gasteiger charge is -2.49. The Morgan fingerprint density at radius 2 is 0.958 bits per heavy atom. The van der Waals surface area contributed by atoms with Gasteiger partial charge in [0.1, 0.15) is 0 Å². The molecule has 2 unspecified atom stereocenters. The van der Waals surface area contributed by atoms with Crippen LogP contribution in [0.5, 0.6) is 0 Å². The molecule has 0 saturated carbocycles. The summed E-state index contributed by atoms with van der Waals surface area (Å²) < 4.78 is 293. The monoisotopic (exact) mass is 772 g/mol. The quantitative estimate of drug-likeness (QED) is 0.0603. The molecule has 0 radical (unpaired) electrons. The summed E-state index contributed by atoms with van der Waals surface area (Å²) in [6, 6.07) is 0.199. The number of hydrogen-bond acceptors (Lipinski definition) is 3. The van der Waals surface area contributed by atoms with E-state index in [4.69, 9.17) is 4.43 Å². The fourth-order valence-corrected chi connectivity index (χ4v) is 6.81. The van der Waals surface area contributed by atoms with E-state index in [9.17, 15) is 88.2 Å². The summed E-state index contributed by atoms with van der Waals surface area (Å²) in [5, 5.41) is 0. The minimum absolute atomic E-state index is 0.0664. The fraction of sp³-hybridized carbons (Fsp3) is 0.875. The minimum atomic E-state index is -9.31. The van der Waals surface area contributed by atoms with E-state index < -0.39 is 105 Å². The third-order valence-corrected chi connectivity index (χ3v) is 12.3. The van der Waals surface area contributed by atoms with Crippen molar-refractivity contribution < 1.29 is 102 Å². The van der Waals surface area contributed by atoms with Gasteiger partial charge in [-0.1, -0.05) is 27.4 Å². The van der Waals surface area contributed by atoms with Crippen LogP contribution in [0.3, 0.4) is 0 Å². The average Bonchev–Trinajstić information content (AvgIpc) is 2.92. The summed E-state index contributed by atoms with van der Waals surface area (Å²) in [6.45, 7) is 3.46. The third-order valence-electron chi connectivity index (χ3n) is 7.63. The van der Waals surface area contributed by atoms with Crippen LogP contribution in [-0.2, 0) is 14.0 Å². The van der Waals surface area contributed by atoms with E-state index >= 15 is 4.39 Å². The Kier molecular flexibility index (Phi) is 13.4. The van der Waals surface area contributed by atoms with E-state index in [0.29, 0.717) is 6.92 Å². The van der Waals surface area contributed by atoms with E-state index in [2.05, 4.69) is 11.3 Å². The number of ether oxygens (including phenoxy) is 1. The molecule has 0 aromatic rings. The number of carbonyl (C=O) groups excluding carboxylic acids is 1. The molecular weight excluding hydrogens is 744 g/mol. The third kappa shape index (κ3) is 7.10. The molecule has 0 aliphatic carbocycles. The molecule has 0 amide bonds. The zero-order chi connectivity index (χ0) is 39.0. The molecule has 2 atom stereocenters. The standard InChI is InChI=1S/C24H28F20O3Si/c1-6-48(7-2,8-3)47-12-10-16(26,27)19(31,32)21(35,36)22(37,38)20(33,34)17(28,24(42,43)44)18(29,30)15(25,23(39,40)41)9-11-46-14(45)13(4)5/h4,6-12H2,1-3,5H3.